The first-order chi connectivity index (χ1) is 5.00. The summed E-state index contributed by atoms with van der Waals surface area (Å²) in [6.07, 6.45) is 0. The van der Waals surface area contributed by atoms with Crippen molar-refractivity contribution >= 4 is 33.8 Å². The van der Waals surface area contributed by atoms with Crippen LogP contribution in [0, 0.1) is 3.57 Å². The summed E-state index contributed by atoms with van der Waals surface area (Å²) >= 11 is -3.06. The Morgan fingerprint density at radius 3 is 1.82 bits per heavy atom. The average Bonchev–Trinajstić information content (AvgIpc) is 1.86. The molecule has 0 bridgehead atoms. The molecule has 1 rings (SSSR count). The third-order valence-corrected chi connectivity index (χ3v) is 2.61. The van der Waals surface area contributed by atoms with E-state index in [0.717, 1.165) is 15.7 Å². The third kappa shape index (κ3) is 2.55. The van der Waals surface area contributed by atoms with Gasteiger partial charge in [0.2, 0.25) is 11.2 Å². The number of hydrogen-bond donors (Lipinski definition) is 0. The molecule has 1 aromatic rings. The van der Waals surface area contributed by atoms with Crippen molar-refractivity contribution in [2.45, 2.75) is 4.90 Å². The van der Waals surface area contributed by atoms with E-state index in [4.69, 9.17) is 0 Å². The quantitative estimate of drug-likeness (QED) is 0.683. The van der Waals surface area contributed by atoms with Crippen molar-refractivity contribution in [1.82, 2.24) is 0 Å². The molecule has 0 aliphatic carbocycles. The average molecular weight is 292 g/mol. The van der Waals surface area contributed by atoms with Gasteiger partial charge in [0.05, 0.1) is 4.90 Å². The predicted octanol–water partition coefficient (Wildman–Crippen LogP) is 4.11. The van der Waals surface area contributed by atoms with Crippen LogP contribution in [0.4, 0.5) is 11.7 Å². The smallest absolute Gasteiger partial charge is 0.120 e. The van der Waals surface area contributed by atoms with Crippen LogP contribution in [0.3, 0.4) is 0 Å². The zero-order valence-electron chi connectivity index (χ0n) is 5.23. The minimum absolute atomic E-state index is 0.516. The molecule has 0 saturated heterocycles. The molecule has 1 aromatic carbocycles. The fraction of sp³-hybridized carbons (Fsp3) is 0. The fourth-order valence-corrected chi connectivity index (χ4v) is 1.39. The van der Waals surface area contributed by atoms with Gasteiger partial charge in [0.1, 0.15) is 0 Å². The Kier molecular flexibility index (Phi) is 2.69. The van der Waals surface area contributed by atoms with E-state index in [2.05, 4.69) is 0 Å². The Morgan fingerprint density at radius 2 is 1.45 bits per heavy atom. The van der Waals surface area contributed by atoms with E-state index in [9.17, 15) is 11.7 Å². The van der Waals surface area contributed by atoms with Crippen LogP contribution in [-0.4, -0.2) is 0 Å². The predicted molar refractivity (Wildman–Crippen MR) is 48.3 cm³/mol. The Bertz CT molecular complexity index is 241. The van der Waals surface area contributed by atoms with Gasteiger partial charge in [-0.2, -0.15) is 0 Å². The van der Waals surface area contributed by atoms with Gasteiger partial charge in [0.15, 0.2) is 0 Å². The minimum Gasteiger partial charge on any atom is -0.120 e. The van der Waals surface area contributed by atoms with E-state index in [1.165, 1.54) is 12.1 Å². The summed E-state index contributed by atoms with van der Waals surface area (Å²) in [7, 11) is 0. The molecule has 0 saturated carbocycles. The summed E-state index contributed by atoms with van der Waals surface area (Å²) in [5.74, 6) is 0. The highest BCUT2D eigenvalue weighted by Gasteiger charge is 2.23. The van der Waals surface area contributed by atoms with Gasteiger partial charge in [-0.25, -0.2) is 0 Å². The lowest BCUT2D eigenvalue weighted by molar-refractivity contribution is 0.633. The summed E-state index contributed by atoms with van der Waals surface area (Å²) in [5.41, 5.74) is 0. The highest BCUT2D eigenvalue weighted by Crippen LogP contribution is 2.60. The van der Waals surface area contributed by atoms with E-state index in [-0.39, 0.29) is 0 Å². The monoisotopic (exact) mass is 292 g/mol. The molecule has 11 heavy (non-hydrogen) atoms. The van der Waals surface area contributed by atoms with E-state index in [1.54, 1.807) is 0 Å². The third-order valence-electron chi connectivity index (χ3n) is 1.08. The fourth-order valence-electron chi connectivity index (χ4n) is 0.589. The van der Waals surface area contributed by atoms with Gasteiger partial charge < -0.3 is 0 Å². The molecule has 0 amide bonds. The van der Waals surface area contributed by atoms with Crippen molar-refractivity contribution in [2.75, 3.05) is 0 Å². The molecule has 0 aliphatic heterocycles. The summed E-state index contributed by atoms with van der Waals surface area (Å²) < 4.78 is 36.8. The van der Waals surface area contributed by atoms with Crippen LogP contribution >= 0.6 is 33.8 Å². The topological polar surface area (TPSA) is 0 Å². The van der Waals surface area contributed by atoms with Gasteiger partial charge >= 0.3 is 0 Å². The lowest BCUT2D eigenvalue weighted by Gasteiger charge is -2.08. The van der Waals surface area contributed by atoms with E-state index < -0.39 is 16.1 Å². The SMILES string of the molecule is FS(F)(F)c1ccc(I)cc1. The number of halogens is 4. The van der Waals surface area contributed by atoms with Gasteiger partial charge in [-0.15, -0.1) is 11.7 Å². The summed E-state index contributed by atoms with van der Waals surface area (Å²) in [6, 6.07) is 5.13. The first-order valence-electron chi connectivity index (χ1n) is 2.68. The molecule has 0 radical (unpaired) electrons. The normalized spacial score (nSPS) is 13.1. The lowest BCUT2D eigenvalue weighted by Crippen LogP contribution is -1.78. The van der Waals surface area contributed by atoms with Gasteiger partial charge in [-0.05, 0) is 46.9 Å². The van der Waals surface area contributed by atoms with Crippen molar-refractivity contribution in [3.05, 3.63) is 27.8 Å². The Morgan fingerprint density at radius 1 is 1.00 bits per heavy atom. The molecular formula is C6H4F3IS. The zero-order valence-corrected chi connectivity index (χ0v) is 8.20. The molecule has 0 aromatic heterocycles. The first kappa shape index (κ1) is 9.18. The number of benzene rings is 1. The maximum absolute atomic E-state index is 12.0. The van der Waals surface area contributed by atoms with Crippen LogP contribution in [-0.2, 0) is 0 Å². The molecular weight excluding hydrogens is 288 g/mol. The molecule has 62 valence electrons. The second kappa shape index (κ2) is 3.22. The molecule has 0 N–H and O–H groups in total. The standard InChI is InChI=1S/C6H4F3IS/c7-11(8,9)6-3-1-5(10)2-4-6/h1-4H. The molecule has 0 spiro atoms. The molecule has 0 atom stereocenters. The van der Waals surface area contributed by atoms with Gasteiger partial charge in [-0.1, -0.05) is 0 Å². The Labute approximate surface area is 78.1 Å². The number of hydrogen-bond acceptors (Lipinski definition) is 0. The minimum atomic E-state index is -5.02. The van der Waals surface area contributed by atoms with Crippen LogP contribution in [0.25, 0.3) is 0 Å². The molecule has 0 heterocycles. The highest BCUT2D eigenvalue weighted by atomic mass is 127. The Balaban J connectivity index is 2.99. The molecule has 0 unspecified atom stereocenters. The van der Waals surface area contributed by atoms with Crippen molar-refractivity contribution in [2.24, 2.45) is 0 Å². The van der Waals surface area contributed by atoms with Gasteiger partial charge in [-0.3, -0.25) is 0 Å². The Hall–Kier alpha value is 0.0900. The number of rotatable bonds is 1. The van der Waals surface area contributed by atoms with Crippen LogP contribution in [0.5, 0.6) is 0 Å². The summed E-state index contributed by atoms with van der Waals surface area (Å²) in [4.78, 5) is -0.516. The summed E-state index contributed by atoms with van der Waals surface area (Å²) in [5, 5.41) is 0. The van der Waals surface area contributed by atoms with Gasteiger partial charge in [0.25, 0.3) is 0 Å². The van der Waals surface area contributed by atoms with Gasteiger partial charge in [0, 0.05) is 3.57 Å². The van der Waals surface area contributed by atoms with E-state index in [0.29, 0.717) is 0 Å². The van der Waals surface area contributed by atoms with Crippen LogP contribution < -0.4 is 0 Å². The molecule has 5 heteroatoms. The zero-order chi connectivity index (χ0) is 8.48. The second-order valence-electron chi connectivity index (χ2n) is 1.86. The van der Waals surface area contributed by atoms with Crippen molar-refractivity contribution in [1.29, 1.82) is 0 Å². The summed E-state index contributed by atoms with van der Waals surface area (Å²) in [6.45, 7) is 0. The lowest BCUT2D eigenvalue weighted by atomic mass is 10.4. The first-order valence-corrected chi connectivity index (χ1v) is 5.09. The molecule has 0 fully saturated rings. The van der Waals surface area contributed by atoms with E-state index in [1.807, 2.05) is 22.6 Å². The van der Waals surface area contributed by atoms with Crippen molar-refractivity contribution in [3.8, 4) is 0 Å². The maximum atomic E-state index is 12.0. The molecule has 0 nitrogen and oxygen atoms in total. The largest absolute Gasteiger partial charge is 0.237 e. The highest BCUT2D eigenvalue weighted by molar-refractivity contribution is 14.1. The second-order valence-corrected chi connectivity index (χ2v) is 4.39. The van der Waals surface area contributed by atoms with Crippen molar-refractivity contribution in [3.63, 3.8) is 0 Å². The van der Waals surface area contributed by atoms with Crippen molar-refractivity contribution < 1.29 is 11.7 Å². The maximum Gasteiger partial charge on any atom is 0.237 e. The van der Waals surface area contributed by atoms with Crippen LogP contribution in [0.2, 0.25) is 0 Å². The van der Waals surface area contributed by atoms with Crippen LogP contribution in [0.1, 0.15) is 0 Å². The molecule has 0 aliphatic rings. The van der Waals surface area contributed by atoms with Crippen LogP contribution in [0.15, 0.2) is 29.2 Å². The van der Waals surface area contributed by atoms with E-state index >= 15 is 0 Å².